The minimum atomic E-state index is -0.490. The first-order valence-corrected chi connectivity index (χ1v) is 6.93. The summed E-state index contributed by atoms with van der Waals surface area (Å²) in [7, 11) is 0. The smallest absolute Gasteiger partial charge is 0.123 e. The Kier molecular flexibility index (Phi) is 4.81. The highest BCUT2D eigenvalue weighted by Gasteiger charge is 2.22. The molecule has 0 saturated heterocycles. The van der Waals surface area contributed by atoms with Crippen LogP contribution in [0.25, 0.3) is 0 Å². The van der Waals surface area contributed by atoms with E-state index < -0.39 is 5.54 Å². The first-order valence-electron chi connectivity index (χ1n) is 6.93. The Labute approximate surface area is 124 Å². The number of phenols is 1. The first kappa shape index (κ1) is 15.3. The second-order valence-corrected chi connectivity index (χ2v) is 5.52. The van der Waals surface area contributed by atoms with Crippen molar-refractivity contribution in [1.29, 1.82) is 0 Å². The molecule has 2 rings (SSSR count). The Balaban J connectivity index is 1.99. The van der Waals surface area contributed by atoms with Crippen LogP contribution in [0.5, 0.6) is 5.75 Å². The molecule has 0 aliphatic rings. The van der Waals surface area contributed by atoms with Gasteiger partial charge in [0.1, 0.15) is 11.6 Å². The van der Waals surface area contributed by atoms with Crippen LogP contribution in [-0.2, 0) is 6.42 Å². The van der Waals surface area contributed by atoms with E-state index in [1.807, 2.05) is 19.1 Å². The van der Waals surface area contributed by atoms with Crippen LogP contribution >= 0.6 is 0 Å². The van der Waals surface area contributed by atoms with E-state index in [9.17, 15) is 14.6 Å². The fraction of sp³-hybridized carbons (Fsp3) is 0.294. The molecule has 2 aromatic rings. The van der Waals surface area contributed by atoms with Crippen molar-refractivity contribution in [3.05, 3.63) is 59.9 Å². The number of aliphatic hydroxyl groups is 1. The van der Waals surface area contributed by atoms with Gasteiger partial charge in [-0.1, -0.05) is 12.1 Å². The number of phenolic OH excluding ortho intramolecular Hbond substituents is 1. The molecule has 3 nitrogen and oxygen atoms in total. The Morgan fingerprint density at radius 3 is 2.24 bits per heavy atom. The number of benzene rings is 2. The molecule has 3 N–H and O–H groups in total. The third kappa shape index (κ3) is 4.46. The van der Waals surface area contributed by atoms with Crippen molar-refractivity contribution in [1.82, 2.24) is 0 Å². The molecule has 2 aromatic carbocycles. The van der Waals surface area contributed by atoms with Gasteiger partial charge in [-0.2, -0.15) is 0 Å². The molecule has 0 spiro atoms. The maximum absolute atomic E-state index is 12.9. The number of hydrogen-bond acceptors (Lipinski definition) is 3. The van der Waals surface area contributed by atoms with Crippen LogP contribution in [0.1, 0.15) is 18.9 Å². The number of rotatable bonds is 6. The molecule has 0 amide bonds. The van der Waals surface area contributed by atoms with Gasteiger partial charge in [0.05, 0.1) is 12.1 Å². The number of hydrogen-bond donors (Lipinski definition) is 3. The highest BCUT2D eigenvalue weighted by Crippen LogP contribution is 2.21. The van der Waals surface area contributed by atoms with Crippen LogP contribution in [0.15, 0.2) is 48.5 Å². The van der Waals surface area contributed by atoms with Crippen molar-refractivity contribution >= 4 is 5.69 Å². The van der Waals surface area contributed by atoms with E-state index in [0.717, 1.165) is 17.7 Å². The highest BCUT2D eigenvalue weighted by molar-refractivity contribution is 5.45. The fourth-order valence-electron chi connectivity index (χ4n) is 2.15. The third-order valence-electron chi connectivity index (χ3n) is 3.54. The lowest BCUT2D eigenvalue weighted by Crippen LogP contribution is -2.39. The van der Waals surface area contributed by atoms with Crippen molar-refractivity contribution in [3.8, 4) is 5.75 Å². The fourth-order valence-corrected chi connectivity index (χ4v) is 2.15. The van der Waals surface area contributed by atoms with Gasteiger partial charge in [0.2, 0.25) is 0 Å². The highest BCUT2D eigenvalue weighted by atomic mass is 19.1. The van der Waals surface area contributed by atoms with E-state index in [4.69, 9.17) is 0 Å². The number of nitrogens with one attached hydrogen (secondary N) is 1. The lowest BCUT2D eigenvalue weighted by Gasteiger charge is -2.30. The molecule has 0 fully saturated rings. The summed E-state index contributed by atoms with van der Waals surface area (Å²) in [5.41, 5.74) is 1.38. The van der Waals surface area contributed by atoms with Gasteiger partial charge < -0.3 is 15.5 Å². The normalized spacial score (nSPS) is 13.7. The standard InChI is InChI=1S/C17H20FNO2/c1-17(12-20,19-15-6-4-14(18)5-7-15)11-10-13-2-8-16(21)9-3-13/h2-9,19-21H,10-12H2,1H3. The summed E-state index contributed by atoms with van der Waals surface area (Å²) >= 11 is 0. The summed E-state index contributed by atoms with van der Waals surface area (Å²) in [6.45, 7) is 1.90. The molecule has 4 heteroatoms. The predicted molar refractivity (Wildman–Crippen MR) is 81.9 cm³/mol. The molecular weight excluding hydrogens is 269 g/mol. The summed E-state index contributed by atoms with van der Waals surface area (Å²) in [6.07, 6.45) is 1.48. The Morgan fingerprint density at radius 2 is 1.67 bits per heavy atom. The number of halogens is 1. The Bertz CT molecular complexity index is 568. The SMILES string of the molecule is CC(CO)(CCc1ccc(O)cc1)Nc1ccc(F)cc1. The molecule has 0 heterocycles. The van der Waals surface area contributed by atoms with Crippen molar-refractivity contribution in [2.75, 3.05) is 11.9 Å². The molecule has 1 atom stereocenters. The van der Waals surface area contributed by atoms with E-state index in [1.54, 1.807) is 24.3 Å². The van der Waals surface area contributed by atoms with Crippen molar-refractivity contribution in [3.63, 3.8) is 0 Å². The van der Waals surface area contributed by atoms with E-state index in [-0.39, 0.29) is 18.2 Å². The molecule has 21 heavy (non-hydrogen) atoms. The number of aryl methyl sites for hydroxylation is 1. The molecule has 0 aliphatic heterocycles. The van der Waals surface area contributed by atoms with Crippen LogP contribution in [0.3, 0.4) is 0 Å². The van der Waals surface area contributed by atoms with Gasteiger partial charge in [0, 0.05) is 5.69 Å². The van der Waals surface area contributed by atoms with Gasteiger partial charge in [-0.05, 0) is 61.7 Å². The van der Waals surface area contributed by atoms with E-state index in [1.165, 1.54) is 12.1 Å². The first-order chi connectivity index (χ1) is 10.0. The van der Waals surface area contributed by atoms with Crippen LogP contribution in [0.4, 0.5) is 10.1 Å². The van der Waals surface area contributed by atoms with Crippen molar-refractivity contribution in [2.45, 2.75) is 25.3 Å². The zero-order valence-corrected chi connectivity index (χ0v) is 12.0. The molecular formula is C17H20FNO2. The van der Waals surface area contributed by atoms with Gasteiger partial charge in [0.15, 0.2) is 0 Å². The second kappa shape index (κ2) is 6.59. The summed E-state index contributed by atoms with van der Waals surface area (Å²) in [4.78, 5) is 0. The molecule has 0 aromatic heterocycles. The zero-order chi connectivity index (χ0) is 15.3. The van der Waals surface area contributed by atoms with E-state index in [2.05, 4.69) is 5.32 Å². The van der Waals surface area contributed by atoms with Crippen LogP contribution in [0, 0.1) is 5.82 Å². The monoisotopic (exact) mass is 289 g/mol. The largest absolute Gasteiger partial charge is 0.508 e. The van der Waals surface area contributed by atoms with Crippen LogP contribution < -0.4 is 5.32 Å². The van der Waals surface area contributed by atoms with E-state index in [0.29, 0.717) is 6.42 Å². The average molecular weight is 289 g/mol. The van der Waals surface area contributed by atoms with Gasteiger partial charge in [-0.3, -0.25) is 0 Å². The topological polar surface area (TPSA) is 52.5 Å². The Hall–Kier alpha value is -2.07. The van der Waals surface area contributed by atoms with Crippen molar-refractivity contribution in [2.24, 2.45) is 0 Å². The van der Waals surface area contributed by atoms with Gasteiger partial charge in [-0.15, -0.1) is 0 Å². The number of aliphatic hydroxyl groups excluding tert-OH is 1. The van der Waals surface area contributed by atoms with Gasteiger partial charge >= 0.3 is 0 Å². The lowest BCUT2D eigenvalue weighted by atomic mass is 9.93. The van der Waals surface area contributed by atoms with Crippen LogP contribution in [-0.4, -0.2) is 22.4 Å². The second-order valence-electron chi connectivity index (χ2n) is 5.52. The molecule has 0 aliphatic carbocycles. The summed E-state index contributed by atoms with van der Waals surface area (Å²) in [5, 5.41) is 22.2. The van der Waals surface area contributed by atoms with Crippen LogP contribution in [0.2, 0.25) is 0 Å². The summed E-state index contributed by atoms with van der Waals surface area (Å²) < 4.78 is 12.9. The third-order valence-corrected chi connectivity index (χ3v) is 3.54. The maximum Gasteiger partial charge on any atom is 0.123 e. The molecule has 112 valence electrons. The maximum atomic E-state index is 12.9. The number of aromatic hydroxyl groups is 1. The Morgan fingerprint density at radius 1 is 1.05 bits per heavy atom. The zero-order valence-electron chi connectivity index (χ0n) is 12.0. The van der Waals surface area contributed by atoms with Gasteiger partial charge in [-0.25, -0.2) is 4.39 Å². The minimum absolute atomic E-state index is 0.0253. The van der Waals surface area contributed by atoms with Gasteiger partial charge in [0.25, 0.3) is 0 Å². The lowest BCUT2D eigenvalue weighted by molar-refractivity contribution is 0.215. The van der Waals surface area contributed by atoms with Crippen molar-refractivity contribution < 1.29 is 14.6 Å². The predicted octanol–water partition coefficient (Wildman–Crippen LogP) is 3.33. The quantitative estimate of drug-likeness (QED) is 0.764. The number of anilines is 1. The molecule has 0 bridgehead atoms. The molecule has 1 unspecified atom stereocenters. The molecule has 0 radical (unpaired) electrons. The molecule has 0 saturated carbocycles. The summed E-state index contributed by atoms with van der Waals surface area (Å²) in [5.74, 6) is -0.0385. The average Bonchev–Trinajstić information content (AvgIpc) is 2.49. The van der Waals surface area contributed by atoms with E-state index >= 15 is 0 Å². The minimum Gasteiger partial charge on any atom is -0.508 e. The summed E-state index contributed by atoms with van der Waals surface area (Å²) in [6, 6.07) is 13.1.